The van der Waals surface area contributed by atoms with Crippen LogP contribution in [-0.2, 0) is 0 Å². The Kier molecular flexibility index (Phi) is 5.54. The first-order chi connectivity index (χ1) is 13.0. The largest absolute Gasteiger partial charge is 0.495 e. The van der Waals surface area contributed by atoms with E-state index in [1.165, 1.54) is 22.4 Å². The van der Waals surface area contributed by atoms with Crippen LogP contribution in [0, 0.1) is 12.3 Å². The molecule has 0 aliphatic heterocycles. The van der Waals surface area contributed by atoms with Gasteiger partial charge in [-0.05, 0) is 24.6 Å². The van der Waals surface area contributed by atoms with E-state index in [1.807, 2.05) is 6.92 Å². The number of benzene rings is 1. The lowest BCUT2D eigenvalue weighted by molar-refractivity contribution is 0.407. The van der Waals surface area contributed by atoms with Gasteiger partial charge in [0.25, 0.3) is 5.56 Å². The standard InChI is InChI=1S/C19H16Cl2N4O2/c1-4-13(5-2)24-10-17(27-3)15(9-19(24)26)14-8-12(20)6-7-16(14)25-11-18(21)22-23-25/h1,6-11,13H,5H2,2-3H3. The third-order valence-corrected chi connectivity index (χ3v) is 4.55. The Labute approximate surface area is 166 Å². The molecule has 0 fully saturated rings. The topological polar surface area (TPSA) is 61.9 Å². The molecule has 0 saturated carbocycles. The van der Waals surface area contributed by atoms with Crippen molar-refractivity contribution in [3.8, 4) is 34.9 Å². The molecular formula is C19H16Cl2N4O2. The first kappa shape index (κ1) is 19.0. The molecule has 3 rings (SSSR count). The number of terminal acetylenes is 1. The molecule has 1 atom stereocenters. The number of hydrogen-bond acceptors (Lipinski definition) is 4. The van der Waals surface area contributed by atoms with Crippen molar-refractivity contribution in [3.63, 3.8) is 0 Å². The number of pyridine rings is 1. The lowest BCUT2D eigenvalue weighted by Crippen LogP contribution is -2.23. The number of aromatic nitrogens is 4. The van der Waals surface area contributed by atoms with Crippen molar-refractivity contribution in [2.75, 3.05) is 7.11 Å². The maximum absolute atomic E-state index is 12.7. The normalized spacial score (nSPS) is 11.8. The van der Waals surface area contributed by atoms with E-state index in [0.29, 0.717) is 34.0 Å². The SMILES string of the molecule is C#CC(CC)n1cc(OC)c(-c2cc(Cl)ccc2-n2cc(Cl)nn2)cc1=O. The Bertz CT molecular complexity index is 1080. The lowest BCUT2D eigenvalue weighted by Gasteiger charge is -2.17. The maximum Gasteiger partial charge on any atom is 0.252 e. The lowest BCUT2D eigenvalue weighted by atomic mass is 10.0. The van der Waals surface area contributed by atoms with Gasteiger partial charge in [0.1, 0.15) is 5.75 Å². The molecular weight excluding hydrogens is 387 g/mol. The van der Waals surface area contributed by atoms with Gasteiger partial charge in [-0.1, -0.05) is 41.3 Å². The van der Waals surface area contributed by atoms with Crippen LogP contribution in [0.4, 0.5) is 0 Å². The summed E-state index contributed by atoms with van der Waals surface area (Å²) in [5, 5.41) is 8.54. The van der Waals surface area contributed by atoms with Crippen molar-refractivity contribution in [1.82, 2.24) is 19.6 Å². The first-order valence-electron chi connectivity index (χ1n) is 8.13. The molecule has 1 unspecified atom stereocenters. The molecule has 0 radical (unpaired) electrons. The highest BCUT2D eigenvalue weighted by Crippen LogP contribution is 2.35. The second kappa shape index (κ2) is 7.87. The first-order valence-corrected chi connectivity index (χ1v) is 8.88. The van der Waals surface area contributed by atoms with Crippen LogP contribution in [-0.4, -0.2) is 26.7 Å². The zero-order valence-corrected chi connectivity index (χ0v) is 16.2. The maximum atomic E-state index is 12.7. The summed E-state index contributed by atoms with van der Waals surface area (Å²) in [5.74, 6) is 3.10. The van der Waals surface area contributed by atoms with Crippen LogP contribution in [0.1, 0.15) is 19.4 Å². The smallest absolute Gasteiger partial charge is 0.252 e. The highest BCUT2D eigenvalue weighted by atomic mass is 35.5. The number of methoxy groups -OCH3 is 1. The molecule has 0 amide bonds. The van der Waals surface area contributed by atoms with Crippen LogP contribution in [0.2, 0.25) is 10.2 Å². The van der Waals surface area contributed by atoms with Crippen molar-refractivity contribution in [2.45, 2.75) is 19.4 Å². The second-order valence-corrected chi connectivity index (χ2v) is 6.56. The summed E-state index contributed by atoms with van der Waals surface area (Å²) in [6, 6.07) is 6.34. The van der Waals surface area contributed by atoms with Crippen molar-refractivity contribution in [1.29, 1.82) is 0 Å². The van der Waals surface area contributed by atoms with Gasteiger partial charge in [-0.25, -0.2) is 4.68 Å². The second-order valence-electron chi connectivity index (χ2n) is 5.74. The Morgan fingerprint density at radius 2 is 2.04 bits per heavy atom. The van der Waals surface area contributed by atoms with Crippen molar-refractivity contribution in [3.05, 3.63) is 57.2 Å². The van der Waals surface area contributed by atoms with Crippen molar-refractivity contribution < 1.29 is 4.74 Å². The minimum Gasteiger partial charge on any atom is -0.495 e. The predicted octanol–water partition coefficient (Wildman–Crippen LogP) is 4.00. The van der Waals surface area contributed by atoms with Gasteiger partial charge in [0.05, 0.1) is 31.2 Å². The van der Waals surface area contributed by atoms with Gasteiger partial charge < -0.3 is 4.74 Å². The summed E-state index contributed by atoms with van der Waals surface area (Å²) in [6.45, 7) is 1.92. The average Bonchev–Trinajstić information content (AvgIpc) is 3.09. The highest BCUT2D eigenvalue weighted by Gasteiger charge is 2.18. The Morgan fingerprint density at radius 3 is 2.63 bits per heavy atom. The summed E-state index contributed by atoms with van der Waals surface area (Å²) < 4.78 is 8.52. The monoisotopic (exact) mass is 402 g/mol. The fourth-order valence-electron chi connectivity index (χ4n) is 2.83. The fraction of sp³-hybridized carbons (Fsp3) is 0.211. The zero-order valence-electron chi connectivity index (χ0n) is 14.7. The van der Waals surface area contributed by atoms with Gasteiger partial charge >= 0.3 is 0 Å². The molecule has 0 aliphatic carbocycles. The number of ether oxygens (including phenoxy) is 1. The molecule has 0 saturated heterocycles. The molecule has 0 aliphatic rings. The van der Waals surface area contributed by atoms with Crippen LogP contribution < -0.4 is 10.3 Å². The third-order valence-electron chi connectivity index (χ3n) is 4.14. The van der Waals surface area contributed by atoms with Crippen molar-refractivity contribution >= 4 is 23.2 Å². The molecule has 2 aromatic heterocycles. The van der Waals surface area contributed by atoms with E-state index >= 15 is 0 Å². The minimum atomic E-state index is -0.353. The molecule has 0 bridgehead atoms. The van der Waals surface area contributed by atoms with E-state index in [2.05, 4.69) is 16.2 Å². The highest BCUT2D eigenvalue weighted by molar-refractivity contribution is 6.31. The molecule has 27 heavy (non-hydrogen) atoms. The van der Waals surface area contributed by atoms with Crippen LogP contribution in [0.15, 0.2) is 41.5 Å². The number of halogens is 2. The van der Waals surface area contributed by atoms with E-state index in [4.69, 9.17) is 34.4 Å². The van der Waals surface area contributed by atoms with Crippen LogP contribution >= 0.6 is 23.2 Å². The fourth-order valence-corrected chi connectivity index (χ4v) is 3.12. The molecule has 2 heterocycles. The zero-order chi connectivity index (χ0) is 19.6. The molecule has 8 heteroatoms. The van der Waals surface area contributed by atoms with E-state index < -0.39 is 0 Å². The molecule has 6 nitrogen and oxygen atoms in total. The summed E-state index contributed by atoms with van der Waals surface area (Å²) in [7, 11) is 1.53. The van der Waals surface area contributed by atoms with Crippen molar-refractivity contribution in [2.24, 2.45) is 0 Å². The minimum absolute atomic E-state index is 0.238. The summed E-state index contributed by atoms with van der Waals surface area (Å²) in [4.78, 5) is 12.7. The molecule has 0 spiro atoms. The number of nitrogens with zero attached hydrogens (tertiary/aromatic N) is 4. The third kappa shape index (κ3) is 3.70. The van der Waals surface area contributed by atoms with E-state index in [-0.39, 0.29) is 16.8 Å². The van der Waals surface area contributed by atoms with E-state index in [1.54, 1.807) is 30.6 Å². The van der Waals surface area contributed by atoms with E-state index in [9.17, 15) is 4.79 Å². The van der Waals surface area contributed by atoms with Gasteiger partial charge in [-0.3, -0.25) is 9.36 Å². The summed E-state index contributed by atoms with van der Waals surface area (Å²) >= 11 is 12.1. The van der Waals surface area contributed by atoms with Gasteiger partial charge in [0.2, 0.25) is 0 Å². The predicted molar refractivity (Wildman–Crippen MR) is 106 cm³/mol. The van der Waals surface area contributed by atoms with Crippen LogP contribution in [0.5, 0.6) is 5.75 Å². The van der Waals surface area contributed by atoms with E-state index in [0.717, 1.165) is 0 Å². The van der Waals surface area contributed by atoms with Gasteiger partial charge in [0.15, 0.2) is 5.15 Å². The molecule has 3 aromatic rings. The Hall–Kier alpha value is -2.75. The molecule has 1 aromatic carbocycles. The molecule has 0 N–H and O–H groups in total. The van der Waals surface area contributed by atoms with Gasteiger partial charge in [-0.2, -0.15) is 0 Å². The van der Waals surface area contributed by atoms with Gasteiger partial charge in [-0.15, -0.1) is 11.5 Å². The van der Waals surface area contributed by atoms with Crippen LogP contribution in [0.25, 0.3) is 16.8 Å². The van der Waals surface area contributed by atoms with Crippen LogP contribution in [0.3, 0.4) is 0 Å². The average molecular weight is 403 g/mol. The summed E-state index contributed by atoms with van der Waals surface area (Å²) in [5.41, 5.74) is 1.63. The Morgan fingerprint density at radius 1 is 1.26 bits per heavy atom. The number of rotatable bonds is 5. The molecule has 138 valence electrons. The Balaban J connectivity index is 2.26. The number of hydrogen-bond donors (Lipinski definition) is 0. The quantitative estimate of drug-likeness (QED) is 0.605. The summed E-state index contributed by atoms with van der Waals surface area (Å²) in [6.07, 6.45) is 9.35. The van der Waals surface area contributed by atoms with Gasteiger partial charge in [0, 0.05) is 22.2 Å².